The van der Waals surface area contributed by atoms with Gasteiger partial charge in [0.1, 0.15) is 16.8 Å². The van der Waals surface area contributed by atoms with Crippen LogP contribution < -0.4 is 25.8 Å². The second-order valence-corrected chi connectivity index (χ2v) is 11.6. The number of hydrogen-bond donors (Lipinski definition) is 3. The summed E-state index contributed by atoms with van der Waals surface area (Å²) >= 11 is 0. The Morgan fingerprint density at radius 2 is 1.73 bits per heavy atom. The molecule has 12 nitrogen and oxygen atoms in total. The molecule has 232 valence electrons. The summed E-state index contributed by atoms with van der Waals surface area (Å²) in [5.74, 6) is -1.36. The summed E-state index contributed by atoms with van der Waals surface area (Å²) in [4.78, 5) is 39.5. The van der Waals surface area contributed by atoms with E-state index in [2.05, 4.69) is 21.6 Å². The number of anilines is 2. The third kappa shape index (κ3) is 6.97. The molecule has 3 aromatic carbocycles. The number of methoxy groups -OCH3 is 3. The minimum Gasteiger partial charge on any atom is -0.493 e. The highest BCUT2D eigenvalue weighted by Crippen LogP contribution is 2.40. The van der Waals surface area contributed by atoms with E-state index < -0.39 is 45.6 Å². The van der Waals surface area contributed by atoms with E-state index in [0.717, 1.165) is 12.1 Å². The Morgan fingerprint density at radius 3 is 2.36 bits per heavy atom. The predicted molar refractivity (Wildman–Crippen MR) is 160 cm³/mol. The van der Waals surface area contributed by atoms with Crippen LogP contribution in [0.1, 0.15) is 46.4 Å². The zero-order valence-corrected chi connectivity index (χ0v) is 25.1. The second kappa shape index (κ2) is 13.1. The Hall–Kier alpha value is -4.98. The van der Waals surface area contributed by atoms with Gasteiger partial charge in [-0.25, -0.2) is 9.18 Å². The molecule has 4 N–H and O–H groups in total. The van der Waals surface area contributed by atoms with Crippen LogP contribution in [0.25, 0.3) is 0 Å². The fraction of sp³-hybridized carbons (Fsp3) is 0.267. The number of hydrogen-bond acceptors (Lipinski definition) is 9. The van der Waals surface area contributed by atoms with Crippen LogP contribution in [0.5, 0.6) is 11.5 Å². The van der Waals surface area contributed by atoms with Crippen LogP contribution in [0.2, 0.25) is 0 Å². The fourth-order valence-corrected chi connectivity index (χ4v) is 5.99. The molecular weight excluding hydrogens is 595 g/mol. The molecule has 3 amide bonds. The lowest BCUT2D eigenvalue weighted by molar-refractivity contribution is -0.133. The number of nitrogens with zero attached hydrogens (tertiary/aromatic N) is 1. The van der Waals surface area contributed by atoms with Crippen LogP contribution >= 0.6 is 0 Å². The molecule has 1 fully saturated rings. The molecule has 1 aliphatic heterocycles. The highest BCUT2D eigenvalue weighted by molar-refractivity contribution is 7.92. The van der Waals surface area contributed by atoms with Crippen molar-refractivity contribution < 1.29 is 41.4 Å². The topological polar surface area (TPSA) is 166 Å². The van der Waals surface area contributed by atoms with Crippen molar-refractivity contribution in [3.8, 4) is 11.5 Å². The van der Waals surface area contributed by atoms with E-state index in [1.54, 1.807) is 18.2 Å². The number of carbonyl (C=O) groups is 3. The van der Waals surface area contributed by atoms with E-state index in [1.807, 2.05) is 0 Å². The number of likely N-dealkylation sites (tertiary alicyclic amines) is 1. The van der Waals surface area contributed by atoms with E-state index >= 15 is 0 Å². The largest absolute Gasteiger partial charge is 0.493 e. The van der Waals surface area contributed by atoms with Crippen LogP contribution in [0.3, 0.4) is 0 Å². The smallest absolute Gasteiger partial charge is 0.411 e. The van der Waals surface area contributed by atoms with Gasteiger partial charge in [0.15, 0.2) is 17.8 Å². The lowest BCUT2D eigenvalue weighted by Gasteiger charge is -2.31. The maximum Gasteiger partial charge on any atom is 0.411 e. The first kappa shape index (κ1) is 31.9. The molecule has 1 saturated heterocycles. The average molecular weight is 628 g/mol. The number of sulfone groups is 1. The summed E-state index contributed by atoms with van der Waals surface area (Å²) in [6.07, 6.45) is 3.48. The van der Waals surface area contributed by atoms with Gasteiger partial charge in [-0.3, -0.25) is 14.9 Å². The number of amides is 3. The standard InChI is InChI=1S/C30H31FN4O8S/c1-41-24-9-7-17(14-25(24)42-2)27(33-21-13-18(28(32)36)12-19(31)15-21)29(37)35-11-5-6-23(35)22-16-20(34-30(38)43-3)8-10-26(22)44(4,39)40/h7-10,12-16,23,27,33H,4-6,11H2,1-3H3,(H2-,32,34,36,38)/p+1/t23-,27+/m1/s1. The minimum atomic E-state index is -3.99. The van der Waals surface area contributed by atoms with E-state index in [0.29, 0.717) is 29.9 Å². The first-order chi connectivity index (χ1) is 20.9. The molecule has 0 saturated carbocycles. The van der Waals surface area contributed by atoms with E-state index in [1.165, 1.54) is 50.5 Å². The van der Waals surface area contributed by atoms with Crippen LogP contribution in [0, 0.1) is 12.1 Å². The third-order valence-electron chi connectivity index (χ3n) is 7.15. The SMILES string of the molecule is [CH2+]S(=O)(=O)c1ccc(NC(=O)OC)cc1[C@H]1CCCN1C(=O)[C@@H](Nc1cc(F)cc(C(N)=O)c1)c1ccc(OC)c(OC)c1. The van der Waals surface area contributed by atoms with Crippen LogP contribution in [0.4, 0.5) is 20.6 Å². The van der Waals surface area contributed by atoms with Gasteiger partial charge in [-0.15, -0.1) is 0 Å². The lowest BCUT2D eigenvalue weighted by Crippen LogP contribution is -2.38. The zero-order valence-electron chi connectivity index (χ0n) is 24.3. The Bertz CT molecular complexity index is 1700. The summed E-state index contributed by atoms with van der Waals surface area (Å²) in [5, 5.41) is 5.53. The molecule has 44 heavy (non-hydrogen) atoms. The molecule has 0 spiro atoms. The molecule has 0 aromatic heterocycles. The first-order valence-electron chi connectivity index (χ1n) is 13.3. The highest BCUT2D eigenvalue weighted by atomic mass is 32.2. The average Bonchev–Trinajstić information content (AvgIpc) is 3.48. The van der Waals surface area contributed by atoms with E-state index in [9.17, 15) is 27.2 Å². The number of halogens is 1. The predicted octanol–water partition coefficient (Wildman–Crippen LogP) is 4.20. The number of primary amides is 1. The quantitative estimate of drug-likeness (QED) is 0.279. The van der Waals surface area contributed by atoms with Crippen molar-refractivity contribution in [2.75, 3.05) is 38.5 Å². The molecule has 0 aliphatic carbocycles. The van der Waals surface area contributed by atoms with E-state index in [4.69, 9.17) is 15.2 Å². The third-order valence-corrected chi connectivity index (χ3v) is 8.19. The molecule has 3 aromatic rings. The maximum atomic E-state index is 14.5. The van der Waals surface area contributed by atoms with Gasteiger partial charge < -0.3 is 30.2 Å². The molecular formula is C30H32FN4O8S+. The Kier molecular flexibility index (Phi) is 9.53. The molecule has 1 heterocycles. The van der Waals surface area contributed by atoms with Crippen LogP contribution in [-0.2, 0) is 19.4 Å². The first-order valence-corrected chi connectivity index (χ1v) is 15.0. The van der Waals surface area contributed by atoms with Gasteiger partial charge in [0.25, 0.3) is 0 Å². The summed E-state index contributed by atoms with van der Waals surface area (Å²) in [5.41, 5.74) is 6.30. The van der Waals surface area contributed by atoms with E-state index in [-0.39, 0.29) is 33.9 Å². The minimum absolute atomic E-state index is 0.105. The number of ether oxygens (including phenoxy) is 3. The number of nitrogens with one attached hydrogen (secondary N) is 2. The second-order valence-electron chi connectivity index (χ2n) is 9.96. The molecule has 14 heteroatoms. The molecule has 1 aliphatic rings. The maximum absolute atomic E-state index is 14.5. The van der Waals surface area contributed by atoms with Crippen molar-refractivity contribution in [2.24, 2.45) is 5.73 Å². The lowest BCUT2D eigenvalue weighted by atomic mass is 10.0. The van der Waals surface area contributed by atoms with Gasteiger partial charge in [0, 0.05) is 23.5 Å². The number of benzene rings is 3. The molecule has 0 unspecified atom stereocenters. The number of rotatable bonds is 10. The van der Waals surface area contributed by atoms with Crippen LogP contribution in [0.15, 0.2) is 59.5 Å². The van der Waals surface area contributed by atoms with Gasteiger partial charge >= 0.3 is 15.9 Å². The Balaban J connectivity index is 1.82. The van der Waals surface area contributed by atoms with Gasteiger partial charge in [0.2, 0.25) is 11.8 Å². The van der Waals surface area contributed by atoms with Gasteiger partial charge in [-0.05, 0) is 72.5 Å². The van der Waals surface area contributed by atoms with Gasteiger partial charge in [0.05, 0.1) is 27.4 Å². The van der Waals surface area contributed by atoms with Gasteiger partial charge in [-0.2, -0.15) is 8.42 Å². The summed E-state index contributed by atoms with van der Waals surface area (Å²) in [7, 11) is 0.0954. The Labute approximate surface area is 254 Å². The van der Waals surface area contributed by atoms with Crippen molar-refractivity contribution in [2.45, 2.75) is 29.8 Å². The van der Waals surface area contributed by atoms with Crippen molar-refractivity contribution in [1.29, 1.82) is 0 Å². The van der Waals surface area contributed by atoms with Crippen molar-refractivity contribution in [1.82, 2.24) is 4.90 Å². The Morgan fingerprint density at radius 1 is 1.00 bits per heavy atom. The normalized spacial score (nSPS) is 15.3. The molecule has 0 radical (unpaired) electrons. The highest BCUT2D eigenvalue weighted by Gasteiger charge is 2.38. The summed E-state index contributed by atoms with van der Waals surface area (Å²) < 4.78 is 55.3. The summed E-state index contributed by atoms with van der Waals surface area (Å²) in [6, 6.07) is 10.5. The molecule has 0 bridgehead atoms. The summed E-state index contributed by atoms with van der Waals surface area (Å²) in [6.45, 7) is 0.260. The van der Waals surface area contributed by atoms with Crippen LogP contribution in [-0.4, -0.2) is 59.1 Å². The molecule has 4 rings (SSSR count). The number of carbonyl (C=O) groups excluding carboxylic acids is 3. The van der Waals surface area contributed by atoms with Crippen molar-refractivity contribution in [3.05, 3.63) is 83.4 Å². The van der Waals surface area contributed by atoms with Crippen molar-refractivity contribution >= 4 is 39.1 Å². The monoisotopic (exact) mass is 627 g/mol. The van der Waals surface area contributed by atoms with Crippen molar-refractivity contribution in [3.63, 3.8) is 0 Å². The number of nitrogens with two attached hydrogens (primary N) is 1. The fourth-order valence-electron chi connectivity index (χ4n) is 5.16. The van der Waals surface area contributed by atoms with Gasteiger partial charge in [-0.1, -0.05) is 6.07 Å². The zero-order chi connectivity index (χ0) is 32.2. The molecule has 2 atom stereocenters.